The lowest BCUT2D eigenvalue weighted by atomic mass is 9.90. The van der Waals surface area contributed by atoms with E-state index in [1.54, 1.807) is 6.07 Å². The van der Waals surface area contributed by atoms with Crippen molar-refractivity contribution < 1.29 is 9.53 Å². The van der Waals surface area contributed by atoms with Gasteiger partial charge in [0, 0.05) is 12.6 Å². The number of hydrogen-bond donors (Lipinski definition) is 0. The Balaban J connectivity index is 1.93. The Kier molecular flexibility index (Phi) is 3.70. The molecule has 1 saturated heterocycles. The summed E-state index contributed by atoms with van der Waals surface area (Å²) in [6.07, 6.45) is 4.57. The molecule has 2 fully saturated rings. The number of amides is 1. The van der Waals surface area contributed by atoms with Gasteiger partial charge in [0.2, 0.25) is 0 Å². The van der Waals surface area contributed by atoms with Crippen molar-refractivity contribution in [2.45, 2.75) is 44.2 Å². The third kappa shape index (κ3) is 2.30. The fourth-order valence-electron chi connectivity index (χ4n) is 2.85. The molecule has 0 bridgehead atoms. The Bertz CT molecular complexity index is 540. The summed E-state index contributed by atoms with van der Waals surface area (Å²) in [5.74, 6) is 0.0231. The van der Waals surface area contributed by atoms with Crippen LogP contribution in [0.4, 0.5) is 5.69 Å². The van der Waals surface area contributed by atoms with Gasteiger partial charge in [-0.15, -0.1) is 0 Å². The number of carbonyl (C=O) groups is 1. The second-order valence-corrected chi connectivity index (χ2v) is 5.42. The first kappa shape index (κ1) is 13.1. The van der Waals surface area contributed by atoms with E-state index in [0.29, 0.717) is 12.2 Å². The Morgan fingerprint density at radius 2 is 2.05 bits per heavy atom. The average molecular weight is 270 g/mol. The Morgan fingerprint density at radius 1 is 1.25 bits per heavy atom. The Morgan fingerprint density at radius 3 is 2.65 bits per heavy atom. The standard InChI is InChI=1S/C16H18N2O2/c17-11-12-5-1-2-8-14(12)18(13-6-3-7-13)16(19)15-9-4-10-20-15/h1-2,5,8,13,15H,3-4,6-7,9-10H2/t15-/m1/s1. The molecule has 4 nitrogen and oxygen atoms in total. The molecule has 1 atom stereocenters. The quantitative estimate of drug-likeness (QED) is 0.848. The highest BCUT2D eigenvalue weighted by atomic mass is 16.5. The van der Waals surface area contributed by atoms with Crippen molar-refractivity contribution in [3.8, 4) is 6.07 Å². The third-order valence-electron chi connectivity index (χ3n) is 4.17. The van der Waals surface area contributed by atoms with E-state index in [-0.39, 0.29) is 18.1 Å². The number of anilines is 1. The van der Waals surface area contributed by atoms with E-state index in [2.05, 4.69) is 6.07 Å². The molecule has 0 unspecified atom stereocenters. The van der Waals surface area contributed by atoms with E-state index >= 15 is 0 Å². The molecule has 0 N–H and O–H groups in total. The first-order chi connectivity index (χ1) is 9.81. The van der Waals surface area contributed by atoms with Crippen molar-refractivity contribution in [1.29, 1.82) is 5.26 Å². The van der Waals surface area contributed by atoms with E-state index < -0.39 is 0 Å². The molecule has 1 aliphatic carbocycles. The minimum absolute atomic E-state index is 0.0231. The zero-order valence-corrected chi connectivity index (χ0v) is 11.4. The summed E-state index contributed by atoms with van der Waals surface area (Å²) >= 11 is 0. The molecule has 0 aromatic heterocycles. The van der Waals surface area contributed by atoms with Gasteiger partial charge >= 0.3 is 0 Å². The first-order valence-corrected chi connectivity index (χ1v) is 7.25. The third-order valence-corrected chi connectivity index (χ3v) is 4.17. The van der Waals surface area contributed by atoms with Gasteiger partial charge in [0.25, 0.3) is 5.91 Å². The zero-order valence-electron chi connectivity index (χ0n) is 11.4. The van der Waals surface area contributed by atoms with Crippen molar-refractivity contribution in [3.63, 3.8) is 0 Å². The highest BCUT2D eigenvalue weighted by Crippen LogP contribution is 2.33. The van der Waals surface area contributed by atoms with Crippen molar-refractivity contribution >= 4 is 11.6 Å². The van der Waals surface area contributed by atoms with Gasteiger partial charge in [-0.1, -0.05) is 12.1 Å². The molecule has 1 saturated carbocycles. The zero-order chi connectivity index (χ0) is 13.9. The lowest BCUT2D eigenvalue weighted by molar-refractivity contribution is -0.128. The molecule has 2 aliphatic rings. The fourth-order valence-corrected chi connectivity index (χ4v) is 2.85. The fraction of sp³-hybridized carbons (Fsp3) is 0.500. The molecule has 4 heteroatoms. The lowest BCUT2D eigenvalue weighted by Crippen LogP contribution is -2.49. The van der Waals surface area contributed by atoms with Crippen LogP contribution in [0.2, 0.25) is 0 Å². The van der Waals surface area contributed by atoms with E-state index in [4.69, 9.17) is 4.74 Å². The van der Waals surface area contributed by atoms with Crippen molar-refractivity contribution in [3.05, 3.63) is 29.8 Å². The molecule has 20 heavy (non-hydrogen) atoms. The highest BCUT2D eigenvalue weighted by Gasteiger charge is 2.36. The van der Waals surface area contributed by atoms with Crippen LogP contribution in [0.25, 0.3) is 0 Å². The van der Waals surface area contributed by atoms with Crippen LogP contribution < -0.4 is 4.90 Å². The number of para-hydroxylation sites is 1. The number of hydrogen-bond acceptors (Lipinski definition) is 3. The first-order valence-electron chi connectivity index (χ1n) is 7.25. The minimum Gasteiger partial charge on any atom is -0.368 e. The van der Waals surface area contributed by atoms with Crippen LogP contribution >= 0.6 is 0 Å². The number of nitriles is 1. The van der Waals surface area contributed by atoms with Crippen LogP contribution in [0.3, 0.4) is 0 Å². The molecule has 3 rings (SSSR count). The van der Waals surface area contributed by atoms with Gasteiger partial charge in [0.05, 0.1) is 11.3 Å². The normalized spacial score (nSPS) is 22.1. The number of carbonyl (C=O) groups excluding carboxylic acids is 1. The number of rotatable bonds is 3. The summed E-state index contributed by atoms with van der Waals surface area (Å²) in [4.78, 5) is 14.6. The molecule has 1 aliphatic heterocycles. The minimum atomic E-state index is -0.331. The van der Waals surface area contributed by atoms with Gasteiger partial charge in [0.15, 0.2) is 0 Å². The second-order valence-electron chi connectivity index (χ2n) is 5.42. The predicted molar refractivity (Wildman–Crippen MR) is 75.3 cm³/mol. The van der Waals surface area contributed by atoms with Crippen LogP contribution in [-0.2, 0) is 9.53 Å². The molecular formula is C16H18N2O2. The molecule has 0 spiro atoms. The molecule has 1 amide bonds. The highest BCUT2D eigenvalue weighted by molar-refractivity contribution is 5.98. The molecule has 1 heterocycles. The van der Waals surface area contributed by atoms with Gasteiger partial charge in [-0.05, 0) is 44.2 Å². The SMILES string of the molecule is N#Cc1ccccc1N(C(=O)[C@H]1CCCO1)C1CCC1. The number of nitrogens with zero attached hydrogens (tertiary/aromatic N) is 2. The van der Waals surface area contributed by atoms with Crippen molar-refractivity contribution in [1.82, 2.24) is 0 Å². The second kappa shape index (κ2) is 5.64. The number of benzene rings is 1. The van der Waals surface area contributed by atoms with E-state index in [1.807, 2.05) is 23.1 Å². The van der Waals surface area contributed by atoms with Gasteiger partial charge in [-0.25, -0.2) is 0 Å². The molecule has 1 aromatic carbocycles. The van der Waals surface area contributed by atoms with Gasteiger partial charge in [-0.2, -0.15) is 5.26 Å². The van der Waals surface area contributed by atoms with Crippen molar-refractivity contribution in [2.75, 3.05) is 11.5 Å². The van der Waals surface area contributed by atoms with Crippen LogP contribution in [0.5, 0.6) is 0 Å². The monoisotopic (exact) mass is 270 g/mol. The van der Waals surface area contributed by atoms with Gasteiger partial charge in [0.1, 0.15) is 12.2 Å². The maximum atomic E-state index is 12.7. The largest absolute Gasteiger partial charge is 0.368 e. The topological polar surface area (TPSA) is 53.3 Å². The lowest BCUT2D eigenvalue weighted by Gasteiger charge is -2.39. The maximum absolute atomic E-state index is 12.7. The summed E-state index contributed by atoms with van der Waals surface area (Å²) < 4.78 is 5.54. The summed E-state index contributed by atoms with van der Waals surface area (Å²) in [6.45, 7) is 0.662. The Hall–Kier alpha value is -1.86. The van der Waals surface area contributed by atoms with Crippen LogP contribution in [0.1, 0.15) is 37.7 Å². The average Bonchev–Trinajstić information content (AvgIpc) is 2.96. The van der Waals surface area contributed by atoms with Crippen LogP contribution in [-0.4, -0.2) is 24.7 Å². The summed E-state index contributed by atoms with van der Waals surface area (Å²) in [7, 11) is 0. The van der Waals surface area contributed by atoms with E-state index in [9.17, 15) is 10.1 Å². The number of ether oxygens (including phenoxy) is 1. The van der Waals surface area contributed by atoms with E-state index in [0.717, 1.165) is 37.8 Å². The molecule has 0 radical (unpaired) electrons. The summed E-state index contributed by atoms with van der Waals surface area (Å²) in [5.41, 5.74) is 1.30. The smallest absolute Gasteiger partial charge is 0.256 e. The van der Waals surface area contributed by atoms with Crippen LogP contribution in [0, 0.1) is 11.3 Å². The summed E-state index contributed by atoms with van der Waals surface area (Å²) in [6, 6.07) is 9.76. The van der Waals surface area contributed by atoms with Crippen LogP contribution in [0.15, 0.2) is 24.3 Å². The molecular weight excluding hydrogens is 252 g/mol. The van der Waals surface area contributed by atoms with E-state index in [1.165, 1.54) is 0 Å². The maximum Gasteiger partial charge on any atom is 0.256 e. The van der Waals surface area contributed by atoms with Gasteiger partial charge in [-0.3, -0.25) is 4.79 Å². The molecule has 1 aromatic rings. The van der Waals surface area contributed by atoms with Crippen molar-refractivity contribution in [2.24, 2.45) is 0 Å². The predicted octanol–water partition coefficient (Wildman–Crippen LogP) is 2.62. The van der Waals surface area contributed by atoms with Gasteiger partial charge < -0.3 is 9.64 Å². The summed E-state index contributed by atoms with van der Waals surface area (Å²) in [5, 5.41) is 9.27. The Labute approximate surface area is 118 Å². The molecule has 104 valence electrons.